The number of amides is 1. The van der Waals surface area contributed by atoms with Crippen molar-refractivity contribution in [2.45, 2.75) is 44.9 Å². The Morgan fingerprint density at radius 1 is 0.933 bits per heavy atom. The normalized spacial score (nSPS) is 24.7. The Morgan fingerprint density at radius 2 is 1.73 bits per heavy atom. The van der Waals surface area contributed by atoms with Crippen molar-refractivity contribution in [3.63, 3.8) is 0 Å². The van der Waals surface area contributed by atoms with Gasteiger partial charge in [0.2, 0.25) is 5.91 Å². The summed E-state index contributed by atoms with van der Waals surface area (Å²) in [6.45, 7) is 9.08. The van der Waals surface area contributed by atoms with Crippen LogP contribution in [-0.2, 0) is 4.79 Å². The van der Waals surface area contributed by atoms with Crippen LogP contribution in [0.15, 0.2) is 24.4 Å². The third-order valence-electron chi connectivity index (χ3n) is 7.14. The maximum Gasteiger partial charge on any atom is 0.234 e. The Morgan fingerprint density at radius 3 is 2.50 bits per heavy atom. The Balaban J connectivity index is 1.15. The summed E-state index contributed by atoms with van der Waals surface area (Å²) in [5.74, 6) is 2.72. The van der Waals surface area contributed by atoms with Gasteiger partial charge in [0.05, 0.1) is 6.54 Å². The molecule has 30 heavy (non-hydrogen) atoms. The molecule has 0 spiro atoms. The van der Waals surface area contributed by atoms with E-state index in [0.717, 1.165) is 58.2 Å². The van der Waals surface area contributed by atoms with Gasteiger partial charge in [-0.3, -0.25) is 14.6 Å². The standard InChI is InChI=1S/C24H39N5O/c30-24(26-17-21-7-2-1-3-8-21)20-28-12-6-9-22(19-28)18-27-13-15-29(16-14-27)23-10-4-5-11-25-23/h4-5,10-11,21-22H,1-3,6-9,12-20H2,(H,26,30). The summed E-state index contributed by atoms with van der Waals surface area (Å²) < 4.78 is 0. The number of nitrogens with zero attached hydrogens (tertiary/aromatic N) is 4. The molecule has 1 aliphatic carbocycles. The maximum absolute atomic E-state index is 12.4. The molecule has 6 heteroatoms. The molecule has 0 bridgehead atoms. The van der Waals surface area contributed by atoms with E-state index in [0.29, 0.717) is 18.4 Å². The van der Waals surface area contributed by atoms with Crippen LogP contribution in [0.5, 0.6) is 0 Å². The molecule has 1 aromatic rings. The van der Waals surface area contributed by atoms with Crippen molar-refractivity contribution in [2.75, 3.05) is 63.8 Å². The molecule has 3 fully saturated rings. The highest BCUT2D eigenvalue weighted by Crippen LogP contribution is 2.23. The van der Waals surface area contributed by atoms with Crippen molar-refractivity contribution in [3.8, 4) is 0 Å². The molecule has 4 rings (SSSR count). The van der Waals surface area contributed by atoms with E-state index in [1.54, 1.807) is 0 Å². The zero-order chi connectivity index (χ0) is 20.6. The summed E-state index contributed by atoms with van der Waals surface area (Å²) >= 11 is 0. The number of anilines is 1. The highest BCUT2D eigenvalue weighted by molar-refractivity contribution is 5.78. The number of pyridine rings is 1. The molecule has 2 aliphatic heterocycles. The second kappa shape index (κ2) is 11.1. The highest BCUT2D eigenvalue weighted by Gasteiger charge is 2.26. The number of piperazine rings is 1. The van der Waals surface area contributed by atoms with Gasteiger partial charge in [-0.05, 0) is 56.2 Å². The first-order valence-corrected chi connectivity index (χ1v) is 12.1. The van der Waals surface area contributed by atoms with Crippen LogP contribution in [0.4, 0.5) is 5.82 Å². The van der Waals surface area contributed by atoms with Crippen molar-refractivity contribution < 1.29 is 4.79 Å². The number of rotatable bonds is 7. The summed E-state index contributed by atoms with van der Waals surface area (Å²) in [7, 11) is 0. The Hall–Kier alpha value is -1.66. The molecule has 1 N–H and O–H groups in total. The number of piperidine rings is 1. The molecule has 1 atom stereocenters. The van der Waals surface area contributed by atoms with Gasteiger partial charge in [0.1, 0.15) is 5.82 Å². The fourth-order valence-corrected chi connectivity index (χ4v) is 5.42. The molecule has 3 aliphatic rings. The van der Waals surface area contributed by atoms with Crippen LogP contribution >= 0.6 is 0 Å². The molecule has 3 heterocycles. The van der Waals surface area contributed by atoms with Crippen LogP contribution < -0.4 is 10.2 Å². The average molecular weight is 414 g/mol. The second-order valence-corrected chi connectivity index (χ2v) is 9.53. The lowest BCUT2D eigenvalue weighted by Crippen LogP contribution is -2.50. The minimum Gasteiger partial charge on any atom is -0.355 e. The predicted molar refractivity (Wildman–Crippen MR) is 122 cm³/mol. The van der Waals surface area contributed by atoms with Gasteiger partial charge in [-0.25, -0.2) is 4.98 Å². The molecule has 1 unspecified atom stereocenters. The van der Waals surface area contributed by atoms with E-state index in [1.165, 1.54) is 44.9 Å². The summed E-state index contributed by atoms with van der Waals surface area (Å²) in [5.41, 5.74) is 0. The second-order valence-electron chi connectivity index (χ2n) is 9.53. The SMILES string of the molecule is O=C(CN1CCCC(CN2CCN(c3ccccn3)CC2)C1)NCC1CCCCC1. The smallest absolute Gasteiger partial charge is 0.234 e. The van der Waals surface area contributed by atoms with Crippen LogP contribution in [0.3, 0.4) is 0 Å². The van der Waals surface area contributed by atoms with Crippen LogP contribution in [0.25, 0.3) is 0 Å². The number of aromatic nitrogens is 1. The number of hydrogen-bond donors (Lipinski definition) is 1. The topological polar surface area (TPSA) is 51.7 Å². The summed E-state index contributed by atoms with van der Waals surface area (Å²) in [4.78, 5) is 24.3. The molecular weight excluding hydrogens is 374 g/mol. The van der Waals surface area contributed by atoms with Gasteiger partial charge in [0, 0.05) is 52.0 Å². The van der Waals surface area contributed by atoms with Crippen LogP contribution in [0.1, 0.15) is 44.9 Å². The minimum atomic E-state index is 0.227. The number of likely N-dealkylation sites (tertiary alicyclic amines) is 1. The quantitative estimate of drug-likeness (QED) is 0.745. The zero-order valence-corrected chi connectivity index (χ0v) is 18.5. The fraction of sp³-hybridized carbons (Fsp3) is 0.750. The summed E-state index contributed by atoms with van der Waals surface area (Å²) in [6.07, 6.45) is 11.0. The first-order chi connectivity index (χ1) is 14.8. The molecule has 166 valence electrons. The molecule has 0 radical (unpaired) electrons. The van der Waals surface area contributed by atoms with Crippen molar-refractivity contribution in [3.05, 3.63) is 24.4 Å². The number of carbonyl (C=O) groups is 1. The van der Waals surface area contributed by atoms with Crippen molar-refractivity contribution in [1.29, 1.82) is 0 Å². The largest absolute Gasteiger partial charge is 0.355 e. The monoisotopic (exact) mass is 413 g/mol. The number of hydrogen-bond acceptors (Lipinski definition) is 5. The summed E-state index contributed by atoms with van der Waals surface area (Å²) in [5, 5.41) is 3.21. The average Bonchev–Trinajstić information content (AvgIpc) is 2.80. The van der Waals surface area contributed by atoms with Crippen molar-refractivity contribution in [1.82, 2.24) is 20.1 Å². The van der Waals surface area contributed by atoms with Gasteiger partial charge < -0.3 is 10.2 Å². The number of nitrogens with one attached hydrogen (secondary N) is 1. The number of carbonyl (C=O) groups excluding carboxylic acids is 1. The van der Waals surface area contributed by atoms with E-state index in [2.05, 4.69) is 37.1 Å². The highest BCUT2D eigenvalue weighted by atomic mass is 16.2. The zero-order valence-electron chi connectivity index (χ0n) is 18.5. The minimum absolute atomic E-state index is 0.227. The Labute approximate surface area is 182 Å². The predicted octanol–water partition coefficient (Wildman–Crippen LogP) is 2.61. The van der Waals surface area contributed by atoms with E-state index in [1.807, 2.05) is 12.3 Å². The summed E-state index contributed by atoms with van der Waals surface area (Å²) in [6, 6.07) is 6.15. The van der Waals surface area contributed by atoms with Crippen molar-refractivity contribution in [2.24, 2.45) is 11.8 Å². The van der Waals surface area contributed by atoms with Gasteiger partial charge >= 0.3 is 0 Å². The van der Waals surface area contributed by atoms with Gasteiger partial charge in [0.15, 0.2) is 0 Å². The van der Waals surface area contributed by atoms with Gasteiger partial charge in [-0.15, -0.1) is 0 Å². The molecule has 1 aromatic heterocycles. The molecule has 6 nitrogen and oxygen atoms in total. The van der Waals surface area contributed by atoms with Crippen LogP contribution in [-0.4, -0.2) is 79.6 Å². The first-order valence-electron chi connectivity index (χ1n) is 12.1. The van der Waals surface area contributed by atoms with Gasteiger partial charge in [-0.2, -0.15) is 0 Å². The lowest BCUT2D eigenvalue weighted by atomic mass is 9.89. The van der Waals surface area contributed by atoms with E-state index >= 15 is 0 Å². The molecule has 1 saturated carbocycles. The van der Waals surface area contributed by atoms with Crippen molar-refractivity contribution >= 4 is 11.7 Å². The Kier molecular flexibility index (Phi) is 7.98. The molecular formula is C24H39N5O. The fourth-order valence-electron chi connectivity index (χ4n) is 5.42. The molecule has 1 amide bonds. The van der Waals surface area contributed by atoms with E-state index in [9.17, 15) is 4.79 Å². The first kappa shape index (κ1) is 21.6. The Bertz CT molecular complexity index is 640. The lowest BCUT2D eigenvalue weighted by Gasteiger charge is -2.39. The molecule has 2 saturated heterocycles. The van der Waals surface area contributed by atoms with E-state index in [-0.39, 0.29) is 5.91 Å². The molecule has 0 aromatic carbocycles. The van der Waals surface area contributed by atoms with Gasteiger partial charge in [-0.1, -0.05) is 25.3 Å². The lowest BCUT2D eigenvalue weighted by molar-refractivity contribution is -0.122. The van der Waals surface area contributed by atoms with Crippen LogP contribution in [0, 0.1) is 11.8 Å². The van der Waals surface area contributed by atoms with E-state index < -0.39 is 0 Å². The third kappa shape index (κ3) is 6.42. The van der Waals surface area contributed by atoms with Crippen LogP contribution in [0.2, 0.25) is 0 Å². The van der Waals surface area contributed by atoms with Gasteiger partial charge in [0.25, 0.3) is 0 Å². The van der Waals surface area contributed by atoms with E-state index in [4.69, 9.17) is 0 Å². The maximum atomic E-state index is 12.4. The third-order valence-corrected chi connectivity index (χ3v) is 7.14.